The monoisotopic (exact) mass is 1020 g/mol. The average Bonchev–Trinajstić information content (AvgIpc) is 4.23. The Bertz CT molecular complexity index is 3290. The molecule has 0 aliphatic carbocycles. The third kappa shape index (κ3) is 12.5. The van der Waals surface area contributed by atoms with Crippen LogP contribution in [0.15, 0.2) is 168 Å². The second-order valence-electron chi connectivity index (χ2n) is 18.7. The maximum Gasteiger partial charge on any atom is 0.410 e. The quantitative estimate of drug-likeness (QED) is 0.0708. The minimum absolute atomic E-state index is 0.0626. The summed E-state index contributed by atoms with van der Waals surface area (Å²) >= 11 is 3.26. The molecule has 2 aliphatic rings. The minimum Gasteiger partial charge on any atom is -0.444 e. The highest BCUT2D eigenvalue weighted by molar-refractivity contribution is 9.10. The Morgan fingerprint density at radius 1 is 0.583 bits per heavy atom. The molecule has 0 unspecified atom stereocenters. The highest BCUT2D eigenvalue weighted by atomic mass is 79.9. The smallest absolute Gasteiger partial charge is 0.410 e. The number of benzene rings is 7. The molecule has 0 spiro atoms. The topological polar surface area (TPSA) is 218 Å². The van der Waals surface area contributed by atoms with Crippen molar-refractivity contribution < 1.29 is 9.53 Å². The first kappa shape index (κ1) is 50.1. The minimum atomic E-state index is -0.497. The standard InChI is InChI=1S/C22H25N3O2.C18H16N4.C12H12N2.C6H7BrN2/c1-22(2,3)27-21(26)25-13-7-10-19(25)20-23-17-12-11-16(14-18(17)24-20)15-8-5-4-6-9-15;19-12-22-10-4-7-17(22)18-20-15-9-8-14(11-16(15)21-18)13-5-2-1-3-6-13;13-11-7-6-10(8-12(11)14)9-4-2-1-3-5-9;7-4-1-2-5(8)6(9)3-4/h4-6,8-9,11-12,14,19H,7,10,13H2,1-3H3,(H,23,24);1-3,5-6,8-9,11,17H,4,7,10H2,(H,20,21);1-8H,13-14H2;1-3H,8-9H2/t19-;17-;;/m00../s1. The highest BCUT2D eigenvalue weighted by Crippen LogP contribution is 2.35. The number of rotatable bonds is 5. The maximum atomic E-state index is 12.6. The normalized spacial score (nSPS) is 15.1. The van der Waals surface area contributed by atoms with Crippen molar-refractivity contribution in [3.8, 4) is 39.6 Å². The van der Waals surface area contributed by atoms with E-state index < -0.39 is 5.60 Å². The van der Waals surface area contributed by atoms with Crippen LogP contribution in [-0.4, -0.2) is 54.5 Å². The van der Waals surface area contributed by atoms with Crippen LogP contribution in [0.5, 0.6) is 0 Å². The lowest BCUT2D eigenvalue weighted by molar-refractivity contribution is 0.0219. The number of likely N-dealkylation sites (tertiary alicyclic amines) is 2. The zero-order valence-corrected chi connectivity index (χ0v) is 42.3. The first-order valence-electron chi connectivity index (χ1n) is 24.0. The molecule has 7 aromatic carbocycles. The van der Waals surface area contributed by atoms with Gasteiger partial charge in [0.25, 0.3) is 0 Å². The number of nitrogen functional groups attached to an aromatic ring is 4. The van der Waals surface area contributed by atoms with Crippen molar-refractivity contribution in [2.45, 2.75) is 64.1 Å². The largest absolute Gasteiger partial charge is 0.444 e. The number of aromatic nitrogens is 4. The Morgan fingerprint density at radius 3 is 1.50 bits per heavy atom. The van der Waals surface area contributed by atoms with Gasteiger partial charge >= 0.3 is 6.09 Å². The number of ether oxygens (including phenoxy) is 1. The van der Waals surface area contributed by atoms with Crippen molar-refractivity contribution >= 4 is 66.8 Å². The number of carbonyl (C=O) groups excluding carboxylic acids is 1. The van der Waals surface area contributed by atoms with Gasteiger partial charge in [0.1, 0.15) is 17.2 Å². The maximum absolute atomic E-state index is 12.6. The number of nitrogens with one attached hydrogen (secondary N) is 2. The van der Waals surface area contributed by atoms with E-state index in [-0.39, 0.29) is 18.2 Å². The van der Waals surface area contributed by atoms with Crippen LogP contribution in [0.3, 0.4) is 0 Å². The number of nitriles is 1. The van der Waals surface area contributed by atoms with Gasteiger partial charge in [-0.05, 0) is 134 Å². The van der Waals surface area contributed by atoms with Crippen molar-refractivity contribution in [2.75, 3.05) is 36.0 Å². The molecule has 1 amide bonds. The third-order valence-electron chi connectivity index (χ3n) is 12.4. The molecule has 4 heterocycles. The Morgan fingerprint density at radius 2 is 1.03 bits per heavy atom. The zero-order chi connectivity index (χ0) is 50.8. The van der Waals surface area contributed by atoms with Gasteiger partial charge in [0.05, 0.1) is 56.9 Å². The Labute approximate surface area is 429 Å². The van der Waals surface area contributed by atoms with Crippen LogP contribution < -0.4 is 22.9 Å². The number of halogens is 1. The van der Waals surface area contributed by atoms with E-state index in [4.69, 9.17) is 32.7 Å². The average molecular weight is 1020 g/mol. The lowest BCUT2D eigenvalue weighted by Crippen LogP contribution is -2.36. The van der Waals surface area contributed by atoms with Gasteiger partial charge in [-0.1, -0.05) is 125 Å². The molecular weight excluding hydrogens is 963 g/mol. The number of hydrogen-bond acceptors (Lipinski definition) is 10. The van der Waals surface area contributed by atoms with Gasteiger partial charge in [-0.25, -0.2) is 14.8 Å². The molecule has 0 radical (unpaired) electrons. The van der Waals surface area contributed by atoms with E-state index in [0.29, 0.717) is 29.3 Å². The van der Waals surface area contributed by atoms with E-state index in [1.165, 1.54) is 16.7 Å². The zero-order valence-electron chi connectivity index (χ0n) is 40.7. The lowest BCUT2D eigenvalue weighted by atomic mass is 10.0. The van der Waals surface area contributed by atoms with Gasteiger partial charge in [-0.15, -0.1) is 0 Å². The van der Waals surface area contributed by atoms with Crippen molar-refractivity contribution in [3.63, 3.8) is 0 Å². The number of nitrogens with zero attached hydrogens (tertiary/aromatic N) is 5. The van der Waals surface area contributed by atoms with Crippen LogP contribution in [0.4, 0.5) is 27.5 Å². The first-order valence-corrected chi connectivity index (χ1v) is 24.8. The van der Waals surface area contributed by atoms with E-state index in [1.54, 1.807) is 17.0 Å². The fourth-order valence-electron chi connectivity index (χ4n) is 8.69. The number of anilines is 4. The summed E-state index contributed by atoms with van der Waals surface area (Å²) in [6.07, 6.45) is 5.88. The van der Waals surface area contributed by atoms with Crippen LogP contribution in [-0.2, 0) is 4.74 Å². The van der Waals surface area contributed by atoms with Crippen molar-refractivity contribution in [1.29, 1.82) is 5.26 Å². The first-order chi connectivity index (χ1) is 34.7. The second kappa shape index (κ2) is 22.6. The summed E-state index contributed by atoms with van der Waals surface area (Å²) in [6, 6.07) is 54.3. The van der Waals surface area contributed by atoms with Crippen LogP contribution in [0.1, 0.15) is 70.2 Å². The van der Waals surface area contributed by atoms with Crippen molar-refractivity contribution in [1.82, 2.24) is 29.7 Å². The number of nitrogens with two attached hydrogens (primary N) is 4. The number of imidazole rings is 2. The second-order valence-corrected chi connectivity index (χ2v) is 19.6. The summed E-state index contributed by atoms with van der Waals surface area (Å²) in [5.41, 5.74) is 35.1. The Kier molecular flexibility index (Phi) is 15.8. The van der Waals surface area contributed by atoms with Crippen LogP contribution in [0.2, 0.25) is 0 Å². The molecule has 2 saturated heterocycles. The number of amides is 1. The Balaban J connectivity index is 0.000000138. The summed E-state index contributed by atoms with van der Waals surface area (Å²) in [5.74, 6) is 1.73. The SMILES string of the molecule is CC(C)(C)OC(=O)N1CCC[C@H]1c1nc2ccc(-c3ccccc3)cc2[nH]1.N#CN1CCC[C@H]1c1nc2ccc(-c3ccccc3)cc2[nH]1.Nc1ccc(-c2ccccc2)cc1N.Nc1ccc(Br)cc1N. The predicted molar refractivity (Wildman–Crippen MR) is 296 cm³/mol. The summed E-state index contributed by atoms with van der Waals surface area (Å²) in [7, 11) is 0. The molecule has 13 nitrogen and oxygen atoms in total. The van der Waals surface area contributed by atoms with Gasteiger partial charge in [0, 0.05) is 17.6 Å². The van der Waals surface area contributed by atoms with E-state index in [0.717, 1.165) is 87.1 Å². The van der Waals surface area contributed by atoms with Gasteiger partial charge in [-0.2, -0.15) is 5.26 Å². The molecule has 72 heavy (non-hydrogen) atoms. The molecule has 11 rings (SSSR count). The molecular formula is C58H60BrN11O2. The van der Waals surface area contributed by atoms with Gasteiger partial charge < -0.3 is 42.5 Å². The summed E-state index contributed by atoms with van der Waals surface area (Å²) < 4.78 is 6.52. The van der Waals surface area contributed by atoms with Gasteiger partial charge in [-0.3, -0.25) is 4.90 Å². The molecule has 366 valence electrons. The summed E-state index contributed by atoms with van der Waals surface area (Å²) in [4.78, 5) is 32.4. The molecule has 2 atom stereocenters. The van der Waals surface area contributed by atoms with Crippen LogP contribution >= 0.6 is 15.9 Å². The van der Waals surface area contributed by atoms with E-state index >= 15 is 0 Å². The molecule has 10 N–H and O–H groups in total. The van der Waals surface area contributed by atoms with Gasteiger partial charge in [0.2, 0.25) is 0 Å². The number of aromatic amines is 2. The summed E-state index contributed by atoms with van der Waals surface area (Å²) in [5, 5.41) is 9.20. The molecule has 9 aromatic rings. The van der Waals surface area contributed by atoms with E-state index in [9.17, 15) is 10.1 Å². The van der Waals surface area contributed by atoms with Gasteiger partial charge in [0.15, 0.2) is 6.19 Å². The number of carbonyl (C=O) groups is 1. The van der Waals surface area contributed by atoms with Crippen LogP contribution in [0.25, 0.3) is 55.4 Å². The third-order valence-corrected chi connectivity index (χ3v) is 12.8. The Hall–Kier alpha value is -8.28. The van der Waals surface area contributed by atoms with Crippen molar-refractivity contribution in [3.05, 3.63) is 180 Å². The van der Waals surface area contributed by atoms with E-state index in [2.05, 4.69) is 85.6 Å². The molecule has 14 heteroatoms. The molecule has 0 saturated carbocycles. The number of hydrogen-bond donors (Lipinski definition) is 6. The van der Waals surface area contributed by atoms with Crippen molar-refractivity contribution in [2.24, 2.45) is 0 Å². The molecule has 2 aromatic heterocycles. The number of fused-ring (bicyclic) bond motifs is 2. The number of H-pyrrole nitrogens is 2. The lowest BCUT2D eigenvalue weighted by Gasteiger charge is -2.27. The van der Waals surface area contributed by atoms with E-state index in [1.807, 2.05) is 129 Å². The highest BCUT2D eigenvalue weighted by Gasteiger charge is 2.35. The molecule has 2 aliphatic heterocycles. The van der Waals surface area contributed by atoms with Crippen LogP contribution in [0, 0.1) is 11.5 Å². The fourth-order valence-corrected chi connectivity index (χ4v) is 9.06. The molecule has 0 bridgehead atoms. The molecule has 2 fully saturated rings. The predicted octanol–water partition coefficient (Wildman–Crippen LogP) is 13.3. The summed E-state index contributed by atoms with van der Waals surface area (Å²) in [6.45, 7) is 7.20. The fraction of sp³-hybridized carbons (Fsp3) is 0.207.